The maximum atomic E-state index is 12.1. The van der Waals surface area contributed by atoms with Gasteiger partial charge in [0.25, 0.3) is 0 Å². The van der Waals surface area contributed by atoms with Crippen LogP contribution in [0.25, 0.3) is 0 Å². The highest BCUT2D eigenvalue weighted by molar-refractivity contribution is 8.15. The monoisotopic (exact) mass is 316 g/mol. The Kier molecular flexibility index (Phi) is 3.99. The highest BCUT2D eigenvalue weighted by Gasteiger charge is 2.29. The Balaban J connectivity index is 1.95. The van der Waals surface area contributed by atoms with Crippen molar-refractivity contribution in [3.63, 3.8) is 0 Å². The van der Waals surface area contributed by atoms with Crippen LogP contribution in [0.4, 0.5) is 11.4 Å². The van der Waals surface area contributed by atoms with Gasteiger partial charge in [-0.25, -0.2) is 4.99 Å². The Bertz CT molecular complexity index is 695. The number of hydrogen-bond donors (Lipinski definition) is 0. The SMILES string of the molecule is Cc1ccc(N2C(=O)CSC2=Nc2ccc(Cl)cc2)cc1. The molecule has 1 aliphatic heterocycles. The molecule has 2 aromatic carbocycles. The van der Waals surface area contributed by atoms with E-state index in [0.29, 0.717) is 15.9 Å². The third kappa shape index (κ3) is 3.12. The van der Waals surface area contributed by atoms with Gasteiger partial charge in [-0.15, -0.1) is 0 Å². The minimum atomic E-state index is 0.0524. The summed E-state index contributed by atoms with van der Waals surface area (Å²) in [6.45, 7) is 2.02. The predicted molar refractivity (Wildman–Crippen MR) is 89.7 cm³/mol. The quantitative estimate of drug-likeness (QED) is 0.821. The second-order valence-corrected chi connectivity index (χ2v) is 6.10. The molecular weight excluding hydrogens is 304 g/mol. The number of nitrogens with zero attached hydrogens (tertiary/aromatic N) is 2. The molecule has 1 saturated heterocycles. The normalized spacial score (nSPS) is 16.8. The zero-order chi connectivity index (χ0) is 14.8. The molecule has 0 atom stereocenters. The number of carbonyl (C=O) groups excluding carboxylic acids is 1. The number of rotatable bonds is 2. The van der Waals surface area contributed by atoms with Crippen LogP contribution in [-0.4, -0.2) is 16.8 Å². The minimum absolute atomic E-state index is 0.0524. The first-order chi connectivity index (χ1) is 10.1. The van der Waals surface area contributed by atoms with Gasteiger partial charge in [0, 0.05) is 5.02 Å². The summed E-state index contributed by atoms with van der Waals surface area (Å²) in [4.78, 5) is 18.3. The van der Waals surface area contributed by atoms with Crippen molar-refractivity contribution in [2.75, 3.05) is 10.7 Å². The van der Waals surface area contributed by atoms with Crippen molar-refractivity contribution < 1.29 is 4.79 Å². The van der Waals surface area contributed by atoms with Gasteiger partial charge in [-0.05, 0) is 43.3 Å². The van der Waals surface area contributed by atoms with Crippen LogP contribution in [0.2, 0.25) is 5.02 Å². The fourth-order valence-electron chi connectivity index (χ4n) is 2.02. The lowest BCUT2D eigenvalue weighted by atomic mass is 10.2. The van der Waals surface area contributed by atoms with E-state index in [0.717, 1.165) is 16.9 Å². The second kappa shape index (κ2) is 5.92. The topological polar surface area (TPSA) is 32.7 Å². The number of benzene rings is 2. The molecule has 0 aromatic heterocycles. The van der Waals surface area contributed by atoms with Crippen molar-refractivity contribution in [1.29, 1.82) is 0 Å². The highest BCUT2D eigenvalue weighted by Crippen LogP contribution is 2.29. The molecule has 3 rings (SSSR count). The minimum Gasteiger partial charge on any atom is -0.273 e. The lowest BCUT2D eigenvalue weighted by Gasteiger charge is -2.16. The van der Waals surface area contributed by atoms with E-state index in [4.69, 9.17) is 11.6 Å². The summed E-state index contributed by atoms with van der Waals surface area (Å²) in [5.41, 5.74) is 2.80. The van der Waals surface area contributed by atoms with Crippen LogP contribution in [-0.2, 0) is 4.79 Å². The van der Waals surface area contributed by atoms with Gasteiger partial charge in [-0.3, -0.25) is 9.69 Å². The first-order valence-electron chi connectivity index (χ1n) is 6.50. The Morgan fingerprint density at radius 2 is 1.76 bits per heavy atom. The number of amides is 1. The molecule has 0 radical (unpaired) electrons. The molecule has 0 N–H and O–H groups in total. The van der Waals surface area contributed by atoms with E-state index in [9.17, 15) is 4.79 Å². The van der Waals surface area contributed by atoms with Gasteiger partial charge >= 0.3 is 0 Å². The summed E-state index contributed by atoms with van der Waals surface area (Å²) in [6.07, 6.45) is 0. The number of aliphatic imine (C=N–C) groups is 1. The number of aryl methyl sites for hydroxylation is 1. The van der Waals surface area contributed by atoms with Gasteiger partial charge in [0.15, 0.2) is 5.17 Å². The maximum Gasteiger partial charge on any atom is 0.243 e. The largest absolute Gasteiger partial charge is 0.273 e. The van der Waals surface area contributed by atoms with Crippen molar-refractivity contribution in [2.24, 2.45) is 4.99 Å². The molecule has 1 amide bonds. The molecule has 0 saturated carbocycles. The van der Waals surface area contributed by atoms with Gasteiger partial charge in [-0.2, -0.15) is 0 Å². The van der Waals surface area contributed by atoms with E-state index in [1.807, 2.05) is 43.3 Å². The Morgan fingerprint density at radius 1 is 1.10 bits per heavy atom. The summed E-state index contributed by atoms with van der Waals surface area (Å²) < 4.78 is 0. The summed E-state index contributed by atoms with van der Waals surface area (Å²) in [7, 11) is 0. The van der Waals surface area contributed by atoms with Crippen LogP contribution in [0.5, 0.6) is 0 Å². The second-order valence-electron chi connectivity index (χ2n) is 4.72. The third-order valence-corrected chi connectivity index (χ3v) is 4.28. The molecule has 1 heterocycles. The molecule has 3 nitrogen and oxygen atoms in total. The highest BCUT2D eigenvalue weighted by atomic mass is 35.5. The third-order valence-electron chi connectivity index (χ3n) is 3.11. The fourth-order valence-corrected chi connectivity index (χ4v) is 3.03. The average molecular weight is 317 g/mol. The van der Waals surface area contributed by atoms with Crippen molar-refractivity contribution in [3.8, 4) is 0 Å². The number of anilines is 1. The fraction of sp³-hybridized carbons (Fsp3) is 0.125. The van der Waals surface area contributed by atoms with Crippen LogP contribution in [0.1, 0.15) is 5.56 Å². The van der Waals surface area contributed by atoms with Crippen LogP contribution < -0.4 is 4.90 Å². The summed E-state index contributed by atoms with van der Waals surface area (Å²) >= 11 is 7.32. The standard InChI is InChI=1S/C16H13ClN2OS/c1-11-2-8-14(9-3-11)19-15(20)10-21-16(19)18-13-6-4-12(17)5-7-13/h2-9H,10H2,1H3. The lowest BCUT2D eigenvalue weighted by Crippen LogP contribution is -2.29. The number of amidine groups is 1. The molecule has 21 heavy (non-hydrogen) atoms. The van der Waals surface area contributed by atoms with E-state index in [2.05, 4.69) is 4.99 Å². The van der Waals surface area contributed by atoms with E-state index >= 15 is 0 Å². The van der Waals surface area contributed by atoms with Crippen molar-refractivity contribution >= 4 is 45.8 Å². The number of carbonyl (C=O) groups is 1. The molecule has 0 spiro atoms. The van der Waals surface area contributed by atoms with Crippen LogP contribution >= 0.6 is 23.4 Å². The number of hydrogen-bond acceptors (Lipinski definition) is 3. The Hall–Kier alpha value is -1.78. The first kappa shape index (κ1) is 14.2. The van der Waals surface area contributed by atoms with Gasteiger partial charge < -0.3 is 0 Å². The summed E-state index contributed by atoms with van der Waals surface area (Å²) in [5.74, 6) is 0.469. The van der Waals surface area contributed by atoms with Gasteiger partial charge in [0.05, 0.1) is 17.1 Å². The van der Waals surface area contributed by atoms with Crippen molar-refractivity contribution in [1.82, 2.24) is 0 Å². The van der Waals surface area contributed by atoms with Crippen LogP contribution in [0, 0.1) is 6.92 Å². The molecule has 0 bridgehead atoms. The van der Waals surface area contributed by atoms with Gasteiger partial charge in [0.2, 0.25) is 5.91 Å². The Morgan fingerprint density at radius 3 is 2.43 bits per heavy atom. The molecule has 106 valence electrons. The molecule has 0 unspecified atom stereocenters. The smallest absolute Gasteiger partial charge is 0.243 e. The van der Waals surface area contributed by atoms with Crippen molar-refractivity contribution in [3.05, 3.63) is 59.1 Å². The average Bonchev–Trinajstić information content (AvgIpc) is 2.83. The molecular formula is C16H13ClN2OS. The zero-order valence-electron chi connectivity index (χ0n) is 11.4. The van der Waals surface area contributed by atoms with E-state index < -0.39 is 0 Å². The molecule has 1 aliphatic rings. The predicted octanol–water partition coefficient (Wildman–Crippen LogP) is 4.42. The number of halogens is 1. The maximum absolute atomic E-state index is 12.1. The first-order valence-corrected chi connectivity index (χ1v) is 7.86. The van der Waals surface area contributed by atoms with Crippen molar-refractivity contribution in [2.45, 2.75) is 6.92 Å². The van der Waals surface area contributed by atoms with Gasteiger partial charge in [-0.1, -0.05) is 41.1 Å². The van der Waals surface area contributed by atoms with E-state index in [1.54, 1.807) is 17.0 Å². The molecule has 1 fully saturated rings. The lowest BCUT2D eigenvalue weighted by molar-refractivity contribution is -0.115. The number of thioether (sulfide) groups is 1. The zero-order valence-corrected chi connectivity index (χ0v) is 13.0. The van der Waals surface area contributed by atoms with E-state index in [1.165, 1.54) is 11.8 Å². The van der Waals surface area contributed by atoms with Crippen LogP contribution in [0.15, 0.2) is 53.5 Å². The summed E-state index contributed by atoms with van der Waals surface area (Å²) in [5, 5.41) is 1.37. The van der Waals surface area contributed by atoms with Gasteiger partial charge in [0.1, 0.15) is 0 Å². The van der Waals surface area contributed by atoms with Crippen LogP contribution in [0.3, 0.4) is 0 Å². The molecule has 0 aliphatic carbocycles. The van der Waals surface area contributed by atoms with E-state index in [-0.39, 0.29) is 5.91 Å². The molecule has 2 aromatic rings. The summed E-state index contributed by atoms with van der Waals surface area (Å²) in [6, 6.07) is 15.1. The molecule has 5 heteroatoms. The Labute approximate surface area is 132 Å².